The van der Waals surface area contributed by atoms with Gasteiger partial charge in [-0.25, -0.2) is 8.42 Å². The third-order valence-corrected chi connectivity index (χ3v) is 4.13. The first-order chi connectivity index (χ1) is 7.49. The Kier molecular flexibility index (Phi) is 3.13. The first kappa shape index (κ1) is 11.7. The highest BCUT2D eigenvalue weighted by molar-refractivity contribution is 8.13. The van der Waals surface area contributed by atoms with Crippen molar-refractivity contribution in [2.24, 2.45) is 0 Å². The van der Waals surface area contributed by atoms with Gasteiger partial charge in [0.05, 0.1) is 12.9 Å². The molecule has 1 unspecified atom stereocenters. The Bertz CT molecular complexity index is 496. The number of benzene rings is 1. The van der Waals surface area contributed by atoms with Crippen LogP contribution in [0.1, 0.15) is 23.5 Å². The van der Waals surface area contributed by atoms with Gasteiger partial charge in [0.1, 0.15) is 5.75 Å². The standard InChI is InChI=1S/C11H13ClO3S/c1-15-10-5-4-8-2-3-9(11(8)6-10)7-16(12,13)14/h4-6,9H,2-3,7H2,1H3. The number of methoxy groups -OCH3 is 1. The van der Waals surface area contributed by atoms with Crippen LogP contribution in [0.25, 0.3) is 0 Å². The topological polar surface area (TPSA) is 43.4 Å². The van der Waals surface area contributed by atoms with Crippen molar-refractivity contribution in [3.05, 3.63) is 29.3 Å². The monoisotopic (exact) mass is 260 g/mol. The number of halogens is 1. The van der Waals surface area contributed by atoms with Gasteiger partial charge in [-0.2, -0.15) is 0 Å². The molecule has 1 atom stereocenters. The zero-order valence-corrected chi connectivity index (χ0v) is 10.5. The zero-order chi connectivity index (χ0) is 11.8. The second-order valence-corrected chi connectivity index (χ2v) is 6.83. The van der Waals surface area contributed by atoms with Gasteiger partial charge >= 0.3 is 0 Å². The van der Waals surface area contributed by atoms with Gasteiger partial charge in [-0.1, -0.05) is 6.07 Å². The van der Waals surface area contributed by atoms with Gasteiger partial charge in [0.15, 0.2) is 0 Å². The van der Waals surface area contributed by atoms with Gasteiger partial charge in [-0.05, 0) is 42.0 Å². The Balaban J connectivity index is 2.31. The predicted molar refractivity (Wildman–Crippen MR) is 63.7 cm³/mol. The fourth-order valence-corrected chi connectivity index (χ4v) is 3.49. The number of fused-ring (bicyclic) bond motifs is 1. The number of ether oxygens (including phenoxy) is 1. The van der Waals surface area contributed by atoms with Crippen LogP contribution in [0, 0.1) is 0 Å². The summed E-state index contributed by atoms with van der Waals surface area (Å²) < 4.78 is 27.3. The van der Waals surface area contributed by atoms with Crippen LogP contribution >= 0.6 is 10.7 Å². The second-order valence-electron chi connectivity index (χ2n) is 4.01. The van der Waals surface area contributed by atoms with E-state index in [4.69, 9.17) is 15.4 Å². The maximum Gasteiger partial charge on any atom is 0.233 e. The van der Waals surface area contributed by atoms with Crippen molar-refractivity contribution in [3.63, 3.8) is 0 Å². The number of hydrogen-bond acceptors (Lipinski definition) is 3. The van der Waals surface area contributed by atoms with Gasteiger partial charge in [-0.15, -0.1) is 0 Å². The van der Waals surface area contributed by atoms with Crippen LogP contribution in [-0.4, -0.2) is 21.3 Å². The molecule has 2 rings (SSSR count). The Morgan fingerprint density at radius 2 is 2.25 bits per heavy atom. The van der Waals surface area contributed by atoms with Crippen molar-refractivity contribution >= 4 is 19.7 Å². The van der Waals surface area contributed by atoms with Gasteiger partial charge < -0.3 is 4.74 Å². The Labute approximate surface area is 99.8 Å². The highest BCUT2D eigenvalue weighted by atomic mass is 35.7. The summed E-state index contributed by atoms with van der Waals surface area (Å²) in [6.45, 7) is 0. The lowest BCUT2D eigenvalue weighted by molar-refractivity contribution is 0.414. The molecule has 16 heavy (non-hydrogen) atoms. The molecule has 0 spiro atoms. The Hall–Kier alpha value is -0.740. The summed E-state index contributed by atoms with van der Waals surface area (Å²) in [6, 6.07) is 5.81. The smallest absolute Gasteiger partial charge is 0.233 e. The minimum absolute atomic E-state index is 0.00704. The summed E-state index contributed by atoms with van der Waals surface area (Å²) in [7, 11) is 3.46. The second kappa shape index (κ2) is 4.26. The summed E-state index contributed by atoms with van der Waals surface area (Å²) in [4.78, 5) is 0. The lowest BCUT2D eigenvalue weighted by Crippen LogP contribution is -2.07. The molecule has 3 nitrogen and oxygen atoms in total. The average Bonchev–Trinajstić information content (AvgIpc) is 2.58. The minimum Gasteiger partial charge on any atom is -0.497 e. The molecule has 88 valence electrons. The molecule has 0 aliphatic heterocycles. The maximum absolute atomic E-state index is 11.1. The van der Waals surface area contributed by atoms with E-state index >= 15 is 0 Å². The molecular formula is C11H13ClO3S. The van der Waals surface area contributed by atoms with Crippen LogP contribution in [0.5, 0.6) is 5.75 Å². The van der Waals surface area contributed by atoms with Gasteiger partial charge in [0.25, 0.3) is 0 Å². The third-order valence-electron chi connectivity index (χ3n) is 2.96. The van der Waals surface area contributed by atoms with Crippen molar-refractivity contribution in [1.29, 1.82) is 0 Å². The first-order valence-electron chi connectivity index (χ1n) is 5.09. The molecule has 1 aliphatic carbocycles. The van der Waals surface area contributed by atoms with E-state index in [-0.39, 0.29) is 11.7 Å². The third kappa shape index (κ3) is 2.50. The number of rotatable bonds is 3. The van der Waals surface area contributed by atoms with Crippen molar-refractivity contribution < 1.29 is 13.2 Å². The van der Waals surface area contributed by atoms with E-state index in [0.29, 0.717) is 0 Å². The summed E-state index contributed by atoms with van der Waals surface area (Å²) in [5, 5.41) is 0. The van der Waals surface area contributed by atoms with E-state index in [9.17, 15) is 8.42 Å². The molecule has 5 heteroatoms. The summed E-state index contributed by atoms with van der Waals surface area (Å²) in [5.74, 6) is 0.777. The lowest BCUT2D eigenvalue weighted by atomic mass is 10.0. The molecule has 0 N–H and O–H groups in total. The number of hydrogen-bond donors (Lipinski definition) is 0. The molecular weight excluding hydrogens is 248 g/mol. The molecule has 0 amide bonds. The SMILES string of the molecule is COc1ccc2c(c1)C(CS(=O)(=O)Cl)CC2. The van der Waals surface area contributed by atoms with Crippen LogP contribution < -0.4 is 4.74 Å². The predicted octanol–water partition coefficient (Wildman–Crippen LogP) is 2.29. The van der Waals surface area contributed by atoms with Crippen molar-refractivity contribution in [1.82, 2.24) is 0 Å². The molecule has 0 radical (unpaired) electrons. The number of aryl methyl sites for hydroxylation is 1. The summed E-state index contributed by atoms with van der Waals surface area (Å²) in [5.41, 5.74) is 2.26. The van der Waals surface area contributed by atoms with E-state index in [0.717, 1.165) is 24.2 Å². The molecule has 1 aliphatic rings. The highest BCUT2D eigenvalue weighted by Crippen LogP contribution is 2.36. The normalized spacial score (nSPS) is 19.5. The maximum atomic E-state index is 11.1. The van der Waals surface area contributed by atoms with Crippen molar-refractivity contribution in [2.45, 2.75) is 18.8 Å². The molecule has 0 saturated heterocycles. The molecule has 0 aromatic heterocycles. The quantitative estimate of drug-likeness (QED) is 0.784. The summed E-state index contributed by atoms with van der Waals surface area (Å²) in [6.07, 6.45) is 1.75. The van der Waals surface area contributed by atoms with Crippen molar-refractivity contribution in [2.75, 3.05) is 12.9 Å². The molecule has 0 saturated carbocycles. The van der Waals surface area contributed by atoms with Crippen molar-refractivity contribution in [3.8, 4) is 5.75 Å². The molecule has 0 bridgehead atoms. The Morgan fingerprint density at radius 1 is 1.50 bits per heavy atom. The minimum atomic E-state index is -3.44. The zero-order valence-electron chi connectivity index (χ0n) is 8.94. The summed E-state index contributed by atoms with van der Waals surface area (Å²) >= 11 is 0. The van der Waals surface area contributed by atoms with Gasteiger partial charge in [0.2, 0.25) is 9.05 Å². The fraction of sp³-hybridized carbons (Fsp3) is 0.455. The fourth-order valence-electron chi connectivity index (χ4n) is 2.21. The highest BCUT2D eigenvalue weighted by Gasteiger charge is 2.26. The van der Waals surface area contributed by atoms with Crippen LogP contribution in [0.3, 0.4) is 0 Å². The Morgan fingerprint density at radius 3 is 2.88 bits per heavy atom. The van der Waals surface area contributed by atoms with Crippen LogP contribution in [0.2, 0.25) is 0 Å². The van der Waals surface area contributed by atoms with E-state index in [1.165, 1.54) is 5.56 Å². The van der Waals surface area contributed by atoms with Gasteiger partial charge in [-0.3, -0.25) is 0 Å². The molecule has 1 aromatic rings. The van der Waals surface area contributed by atoms with E-state index in [1.807, 2.05) is 18.2 Å². The molecule has 0 fully saturated rings. The molecule has 0 heterocycles. The first-order valence-corrected chi connectivity index (χ1v) is 7.56. The van der Waals surface area contributed by atoms with Gasteiger partial charge in [0, 0.05) is 10.7 Å². The average molecular weight is 261 g/mol. The van der Waals surface area contributed by atoms with E-state index in [1.54, 1.807) is 7.11 Å². The molecule has 1 aromatic carbocycles. The lowest BCUT2D eigenvalue weighted by Gasteiger charge is -2.10. The van der Waals surface area contributed by atoms with E-state index < -0.39 is 9.05 Å². The largest absolute Gasteiger partial charge is 0.497 e. The van der Waals surface area contributed by atoms with Crippen LogP contribution in [0.4, 0.5) is 0 Å². The van der Waals surface area contributed by atoms with Crippen LogP contribution in [0.15, 0.2) is 18.2 Å². The van der Waals surface area contributed by atoms with Crippen LogP contribution in [-0.2, 0) is 15.5 Å². The van der Waals surface area contributed by atoms with E-state index in [2.05, 4.69) is 0 Å².